The summed E-state index contributed by atoms with van der Waals surface area (Å²) in [6, 6.07) is 19.0. The first-order chi connectivity index (χ1) is 13.7. The smallest absolute Gasteiger partial charge is 0.274 e. The number of benzene rings is 2. The third kappa shape index (κ3) is 5.01. The van der Waals surface area contributed by atoms with Crippen molar-refractivity contribution in [2.24, 2.45) is 0 Å². The van der Waals surface area contributed by atoms with E-state index in [4.69, 9.17) is 9.47 Å². The van der Waals surface area contributed by atoms with Gasteiger partial charge in [0.25, 0.3) is 5.91 Å². The van der Waals surface area contributed by atoms with E-state index in [9.17, 15) is 4.79 Å². The van der Waals surface area contributed by atoms with E-state index in [0.717, 1.165) is 18.7 Å². The standard InChI is InChI=1S/C22H23N3O3/c1-27-20-9-8-18(15-21(20)28-2)25-22(26)19-14-17(11-13-24-19)23-12-10-16-6-4-3-5-7-16/h3-9,11,13-15H,10,12H2,1-2H3,(H,23,24)(H,25,26). The summed E-state index contributed by atoms with van der Waals surface area (Å²) in [7, 11) is 3.12. The number of hydrogen-bond acceptors (Lipinski definition) is 5. The van der Waals surface area contributed by atoms with E-state index in [0.29, 0.717) is 22.9 Å². The minimum Gasteiger partial charge on any atom is -0.493 e. The zero-order valence-electron chi connectivity index (χ0n) is 15.9. The maximum absolute atomic E-state index is 12.5. The summed E-state index contributed by atoms with van der Waals surface area (Å²) in [5.41, 5.74) is 3.05. The van der Waals surface area contributed by atoms with Gasteiger partial charge in [-0.3, -0.25) is 9.78 Å². The van der Waals surface area contributed by atoms with Gasteiger partial charge in [-0.05, 0) is 36.2 Å². The number of amides is 1. The summed E-state index contributed by atoms with van der Waals surface area (Å²) in [6.07, 6.45) is 2.52. The molecule has 0 fully saturated rings. The van der Waals surface area contributed by atoms with Crippen LogP contribution in [-0.4, -0.2) is 31.7 Å². The molecule has 2 N–H and O–H groups in total. The number of aromatic nitrogens is 1. The monoisotopic (exact) mass is 377 g/mol. The minimum atomic E-state index is -0.293. The number of carbonyl (C=O) groups is 1. The van der Waals surface area contributed by atoms with Crippen LogP contribution in [0.5, 0.6) is 11.5 Å². The first kappa shape index (κ1) is 19.2. The van der Waals surface area contributed by atoms with Crippen molar-refractivity contribution in [3.8, 4) is 11.5 Å². The van der Waals surface area contributed by atoms with Crippen molar-refractivity contribution in [3.05, 3.63) is 78.1 Å². The molecular formula is C22H23N3O3. The Balaban J connectivity index is 1.62. The molecule has 0 spiro atoms. The average Bonchev–Trinajstić information content (AvgIpc) is 2.74. The van der Waals surface area contributed by atoms with Gasteiger partial charge in [-0.1, -0.05) is 30.3 Å². The number of hydrogen-bond donors (Lipinski definition) is 2. The Morgan fingerprint density at radius 2 is 1.71 bits per heavy atom. The lowest BCUT2D eigenvalue weighted by Gasteiger charge is -2.11. The summed E-state index contributed by atoms with van der Waals surface area (Å²) < 4.78 is 10.5. The molecule has 1 heterocycles. The highest BCUT2D eigenvalue weighted by molar-refractivity contribution is 6.03. The van der Waals surface area contributed by atoms with Crippen LogP contribution in [0.2, 0.25) is 0 Å². The lowest BCUT2D eigenvalue weighted by atomic mass is 10.1. The van der Waals surface area contributed by atoms with Gasteiger partial charge < -0.3 is 20.1 Å². The van der Waals surface area contributed by atoms with Gasteiger partial charge in [-0.15, -0.1) is 0 Å². The lowest BCUT2D eigenvalue weighted by Crippen LogP contribution is -2.14. The van der Waals surface area contributed by atoms with Gasteiger partial charge in [0.1, 0.15) is 5.69 Å². The number of carbonyl (C=O) groups excluding carboxylic acids is 1. The molecule has 1 amide bonds. The van der Waals surface area contributed by atoms with Crippen LogP contribution in [0.4, 0.5) is 11.4 Å². The maximum Gasteiger partial charge on any atom is 0.274 e. The number of nitrogens with one attached hydrogen (secondary N) is 2. The highest BCUT2D eigenvalue weighted by Crippen LogP contribution is 2.29. The fourth-order valence-corrected chi connectivity index (χ4v) is 2.77. The molecule has 6 heteroatoms. The Bertz CT molecular complexity index is 929. The molecule has 0 saturated carbocycles. The molecule has 0 aliphatic heterocycles. The molecule has 0 atom stereocenters. The molecule has 3 rings (SSSR count). The Morgan fingerprint density at radius 1 is 0.929 bits per heavy atom. The highest BCUT2D eigenvalue weighted by atomic mass is 16.5. The van der Waals surface area contributed by atoms with Crippen molar-refractivity contribution >= 4 is 17.3 Å². The first-order valence-electron chi connectivity index (χ1n) is 8.97. The number of rotatable bonds is 8. The van der Waals surface area contributed by atoms with Crippen LogP contribution in [0.25, 0.3) is 0 Å². The van der Waals surface area contributed by atoms with Crippen molar-refractivity contribution in [2.45, 2.75) is 6.42 Å². The summed E-state index contributed by atoms with van der Waals surface area (Å²) in [6.45, 7) is 0.769. The zero-order chi connectivity index (χ0) is 19.8. The highest BCUT2D eigenvalue weighted by Gasteiger charge is 2.11. The second-order valence-electron chi connectivity index (χ2n) is 6.12. The van der Waals surface area contributed by atoms with Gasteiger partial charge in [0, 0.05) is 30.2 Å². The molecule has 1 aromatic heterocycles. The second-order valence-corrected chi connectivity index (χ2v) is 6.12. The number of ether oxygens (including phenoxy) is 2. The SMILES string of the molecule is COc1ccc(NC(=O)c2cc(NCCc3ccccc3)ccn2)cc1OC. The molecule has 0 aliphatic rings. The molecular weight excluding hydrogens is 354 g/mol. The fraction of sp³-hybridized carbons (Fsp3) is 0.182. The third-order valence-corrected chi connectivity index (χ3v) is 4.22. The second kappa shape index (κ2) is 9.41. The van der Waals surface area contributed by atoms with Crippen LogP contribution < -0.4 is 20.1 Å². The van der Waals surface area contributed by atoms with Gasteiger partial charge in [0.05, 0.1) is 14.2 Å². The van der Waals surface area contributed by atoms with Crippen molar-refractivity contribution in [3.63, 3.8) is 0 Å². The Kier molecular flexibility index (Phi) is 6.46. The molecule has 0 unspecified atom stereocenters. The summed E-state index contributed by atoms with van der Waals surface area (Å²) in [5, 5.41) is 6.16. The van der Waals surface area contributed by atoms with Crippen LogP contribution in [0.1, 0.15) is 16.1 Å². The van der Waals surface area contributed by atoms with E-state index in [-0.39, 0.29) is 5.91 Å². The molecule has 0 bridgehead atoms. The summed E-state index contributed by atoms with van der Waals surface area (Å²) in [4.78, 5) is 16.7. The third-order valence-electron chi connectivity index (χ3n) is 4.22. The van der Waals surface area contributed by atoms with Crippen LogP contribution in [0.3, 0.4) is 0 Å². The van der Waals surface area contributed by atoms with Gasteiger partial charge >= 0.3 is 0 Å². The molecule has 3 aromatic rings. The predicted molar refractivity (Wildman–Crippen MR) is 110 cm³/mol. The number of pyridine rings is 1. The summed E-state index contributed by atoms with van der Waals surface area (Å²) >= 11 is 0. The number of anilines is 2. The van der Waals surface area contributed by atoms with E-state index < -0.39 is 0 Å². The first-order valence-corrected chi connectivity index (χ1v) is 8.97. The van der Waals surface area contributed by atoms with Crippen LogP contribution in [0.15, 0.2) is 66.9 Å². The topological polar surface area (TPSA) is 72.5 Å². The van der Waals surface area contributed by atoms with Crippen LogP contribution in [-0.2, 0) is 6.42 Å². The molecule has 28 heavy (non-hydrogen) atoms. The normalized spacial score (nSPS) is 10.2. The maximum atomic E-state index is 12.5. The van der Waals surface area contributed by atoms with E-state index >= 15 is 0 Å². The van der Waals surface area contributed by atoms with Gasteiger partial charge in [0.15, 0.2) is 11.5 Å². The van der Waals surface area contributed by atoms with E-state index in [1.807, 2.05) is 24.3 Å². The number of nitrogens with zero attached hydrogens (tertiary/aromatic N) is 1. The van der Waals surface area contributed by atoms with Crippen molar-refractivity contribution in [2.75, 3.05) is 31.4 Å². The fourth-order valence-electron chi connectivity index (χ4n) is 2.77. The Labute approximate surface area is 164 Å². The van der Waals surface area contributed by atoms with Crippen molar-refractivity contribution in [1.82, 2.24) is 4.98 Å². The van der Waals surface area contributed by atoms with Crippen molar-refractivity contribution < 1.29 is 14.3 Å². The number of methoxy groups -OCH3 is 2. The van der Waals surface area contributed by atoms with Crippen LogP contribution in [0, 0.1) is 0 Å². The quantitative estimate of drug-likeness (QED) is 0.621. The molecule has 0 aliphatic carbocycles. The zero-order valence-corrected chi connectivity index (χ0v) is 15.9. The van der Waals surface area contributed by atoms with Gasteiger partial charge in [0.2, 0.25) is 0 Å². The average molecular weight is 377 g/mol. The summed E-state index contributed by atoms with van der Waals surface area (Å²) in [5.74, 6) is 0.853. The molecule has 6 nitrogen and oxygen atoms in total. The van der Waals surface area contributed by atoms with Gasteiger partial charge in [-0.2, -0.15) is 0 Å². The van der Waals surface area contributed by atoms with Gasteiger partial charge in [-0.25, -0.2) is 0 Å². The van der Waals surface area contributed by atoms with E-state index in [1.54, 1.807) is 44.7 Å². The largest absolute Gasteiger partial charge is 0.493 e. The van der Waals surface area contributed by atoms with E-state index in [1.165, 1.54) is 5.56 Å². The molecule has 144 valence electrons. The minimum absolute atomic E-state index is 0.293. The molecule has 0 saturated heterocycles. The molecule has 2 aromatic carbocycles. The van der Waals surface area contributed by atoms with Crippen molar-refractivity contribution in [1.29, 1.82) is 0 Å². The Morgan fingerprint density at radius 3 is 2.46 bits per heavy atom. The van der Waals surface area contributed by atoms with E-state index in [2.05, 4.69) is 27.8 Å². The van der Waals surface area contributed by atoms with Crippen LogP contribution >= 0.6 is 0 Å². The molecule has 0 radical (unpaired) electrons. The Hall–Kier alpha value is -3.54. The predicted octanol–water partition coefficient (Wildman–Crippen LogP) is 4.01. The lowest BCUT2D eigenvalue weighted by molar-refractivity contribution is 0.102.